The number of carbonyl (C=O) groups is 5. The fourth-order valence-electron chi connectivity index (χ4n) is 11.6. The van der Waals surface area contributed by atoms with Crippen molar-refractivity contribution in [2.45, 2.75) is 44.4 Å². The van der Waals surface area contributed by atoms with Crippen molar-refractivity contribution in [1.82, 2.24) is 16.0 Å². The summed E-state index contributed by atoms with van der Waals surface area (Å²) < 4.78 is 27.8. The lowest BCUT2D eigenvalue weighted by molar-refractivity contribution is -0.118. The summed E-state index contributed by atoms with van der Waals surface area (Å²) in [6.45, 7) is 2.81. The van der Waals surface area contributed by atoms with Crippen molar-refractivity contribution in [3.63, 3.8) is 0 Å². The number of hydrogen-bond acceptors (Lipinski definition) is 13. The number of fused-ring (bicyclic) bond motifs is 9. The van der Waals surface area contributed by atoms with Gasteiger partial charge in [0.25, 0.3) is 0 Å². The number of nitrogens with one attached hydrogen (secondary N) is 3. The first-order valence-corrected chi connectivity index (χ1v) is 30.7. The number of hydrogen-bond donors (Lipinski definition) is 8. The van der Waals surface area contributed by atoms with E-state index in [9.17, 15) is 24.0 Å². The van der Waals surface area contributed by atoms with E-state index in [1.807, 2.05) is 109 Å². The lowest BCUT2D eigenvalue weighted by Gasteiger charge is -2.15. The quantitative estimate of drug-likeness (QED) is 0.0232. The van der Waals surface area contributed by atoms with Gasteiger partial charge in [-0.1, -0.05) is 208 Å². The number of phenols is 1. The predicted molar refractivity (Wildman–Crippen MR) is 364 cm³/mol. The van der Waals surface area contributed by atoms with Crippen LogP contribution in [0.5, 0.6) is 17.2 Å². The van der Waals surface area contributed by atoms with Gasteiger partial charge in [0.15, 0.2) is 0 Å². The number of primary amides is 2. The molecule has 0 aromatic heterocycles. The Morgan fingerprint density at radius 1 is 0.383 bits per heavy atom. The van der Waals surface area contributed by atoms with Crippen LogP contribution in [0.3, 0.4) is 0 Å². The SMILES string of the molecule is C.NC(=O)Cc1ccccc1O.NC(=O)Cc1ccccc1OCCNC(=O)OCC1c2ccccc2-c2ccccc21.NCCc1ccccc1OCCNC(=O)OCC1c2ccccc2-c2ccccc21.O=C(NCCO)OCC1c2ccccc2-c2ccccc21. The molecule has 0 bridgehead atoms. The van der Waals surface area contributed by atoms with Crippen molar-refractivity contribution in [3.05, 3.63) is 268 Å². The zero-order valence-corrected chi connectivity index (χ0v) is 51.4. The number of aromatic hydroxyl groups is 1. The van der Waals surface area contributed by atoms with Crippen LogP contribution in [-0.2, 0) is 43.1 Å². The highest BCUT2D eigenvalue weighted by molar-refractivity contribution is 5.82. The second-order valence-corrected chi connectivity index (χ2v) is 21.8. The first kappa shape index (κ1) is 68.9. The number of para-hydroxylation sites is 3. The molecule has 94 heavy (non-hydrogen) atoms. The molecular formula is C76H80N6O12. The molecule has 18 heteroatoms. The summed E-state index contributed by atoms with van der Waals surface area (Å²) in [4.78, 5) is 57.5. The summed E-state index contributed by atoms with van der Waals surface area (Å²) in [5.74, 6) is 0.786. The smallest absolute Gasteiger partial charge is 0.407 e. The molecule has 9 aromatic rings. The van der Waals surface area contributed by atoms with Gasteiger partial charge in [0.05, 0.1) is 32.5 Å². The number of aliphatic hydroxyl groups excluding tert-OH is 1. The number of amides is 5. The minimum absolute atomic E-state index is 0. The highest BCUT2D eigenvalue weighted by Crippen LogP contribution is 2.47. The standard InChI is InChI=1S/C25H24N2O4.C25H26N2O3.C17H17NO3.C8H9NO2.CH4/c26-24(28)15-17-7-1-6-12-23(17)30-14-13-27-25(29)31-16-22-20-10-4-2-8-18(20)19-9-3-5-11-21(19)22;26-14-13-18-7-1-6-12-24(18)29-16-15-27-25(28)30-17-23-21-10-4-2-8-19(21)20-9-3-5-11-22(20)23;19-10-9-18-17(20)21-11-16-14-7-3-1-5-12(14)13-6-2-4-8-15(13)16;9-8(11)5-6-3-1-2-4-7(6)10;/h1-12,22H,13-16H2,(H2,26,28)(H,27,29);1-12,23H,13-17,26H2,(H,27,28);1-8,16,19H,9-11H2,(H,18,20);1-4,10H,5H2,(H2,9,11);1H4. The summed E-state index contributed by atoms with van der Waals surface area (Å²) in [7, 11) is 0. The van der Waals surface area contributed by atoms with Crippen molar-refractivity contribution in [3.8, 4) is 50.6 Å². The lowest BCUT2D eigenvalue weighted by atomic mass is 9.98. The Balaban J connectivity index is 0.000000169. The van der Waals surface area contributed by atoms with Gasteiger partial charge in [-0.25, -0.2) is 14.4 Å². The van der Waals surface area contributed by atoms with E-state index < -0.39 is 30.1 Å². The number of nitrogens with two attached hydrogens (primary N) is 3. The Kier molecular flexibility index (Phi) is 25.7. The maximum Gasteiger partial charge on any atom is 0.407 e. The molecule has 12 rings (SSSR count). The van der Waals surface area contributed by atoms with Gasteiger partial charge in [0, 0.05) is 35.4 Å². The van der Waals surface area contributed by atoms with Crippen LogP contribution < -0.4 is 42.6 Å². The molecule has 0 aliphatic heterocycles. The van der Waals surface area contributed by atoms with E-state index in [1.165, 1.54) is 72.8 Å². The number of rotatable bonds is 22. The van der Waals surface area contributed by atoms with E-state index in [4.69, 9.17) is 51.1 Å². The molecule has 0 radical (unpaired) electrons. The molecule has 0 atom stereocenters. The molecule has 5 amide bonds. The van der Waals surface area contributed by atoms with Crippen LogP contribution >= 0.6 is 0 Å². The minimum atomic E-state index is -0.495. The molecule has 0 unspecified atom stereocenters. The summed E-state index contributed by atoms with van der Waals surface area (Å²) in [6.07, 6.45) is -0.462. The molecule has 9 aromatic carbocycles. The third-order valence-corrected chi connectivity index (χ3v) is 15.7. The van der Waals surface area contributed by atoms with Crippen molar-refractivity contribution in [1.29, 1.82) is 0 Å². The molecular weight excluding hydrogens is 1190 g/mol. The second kappa shape index (κ2) is 35.0. The fraction of sp³-hybridized carbons (Fsp3) is 0.224. The van der Waals surface area contributed by atoms with Gasteiger partial charge in [0.2, 0.25) is 11.8 Å². The molecule has 0 spiro atoms. The molecule has 11 N–H and O–H groups in total. The van der Waals surface area contributed by atoms with Gasteiger partial charge in [-0.05, 0) is 103 Å². The summed E-state index contributed by atoms with van der Waals surface area (Å²) >= 11 is 0. The number of ether oxygens (including phenoxy) is 5. The summed E-state index contributed by atoms with van der Waals surface area (Å²) in [5.41, 5.74) is 32.5. The van der Waals surface area contributed by atoms with Crippen LogP contribution in [0.25, 0.3) is 33.4 Å². The van der Waals surface area contributed by atoms with Crippen LogP contribution in [0.4, 0.5) is 14.4 Å². The minimum Gasteiger partial charge on any atom is -0.508 e. The van der Waals surface area contributed by atoms with Gasteiger partial charge in [-0.2, -0.15) is 0 Å². The Bertz CT molecular complexity index is 3870. The average Bonchev–Trinajstić information content (AvgIpc) is 1.64. The Hall–Kier alpha value is -11.0. The van der Waals surface area contributed by atoms with Crippen LogP contribution in [-0.4, -0.2) is 106 Å². The van der Waals surface area contributed by atoms with Crippen LogP contribution in [0.2, 0.25) is 0 Å². The zero-order chi connectivity index (χ0) is 65.3. The van der Waals surface area contributed by atoms with Crippen LogP contribution in [0.1, 0.15) is 75.3 Å². The number of phenolic OH excluding ortho intramolecular Hbond substituents is 1. The molecule has 486 valence electrons. The van der Waals surface area contributed by atoms with Crippen molar-refractivity contribution in [2.75, 3.05) is 65.8 Å². The first-order chi connectivity index (χ1) is 45.4. The molecule has 3 aliphatic rings. The molecule has 18 nitrogen and oxygen atoms in total. The highest BCUT2D eigenvalue weighted by Gasteiger charge is 2.32. The predicted octanol–water partition coefficient (Wildman–Crippen LogP) is 11.3. The van der Waals surface area contributed by atoms with Crippen molar-refractivity contribution in [2.24, 2.45) is 17.2 Å². The van der Waals surface area contributed by atoms with E-state index >= 15 is 0 Å². The summed E-state index contributed by atoms with van der Waals surface area (Å²) in [5, 5.41) is 25.8. The Morgan fingerprint density at radius 3 is 1.01 bits per heavy atom. The number of aliphatic hydroxyl groups is 1. The monoisotopic (exact) mass is 1270 g/mol. The number of alkyl carbamates (subject to hydrolysis) is 3. The maximum atomic E-state index is 12.2. The van der Waals surface area contributed by atoms with E-state index in [1.54, 1.807) is 30.3 Å². The van der Waals surface area contributed by atoms with Gasteiger partial charge in [0.1, 0.15) is 50.3 Å². The lowest BCUT2D eigenvalue weighted by Crippen LogP contribution is -2.30. The highest BCUT2D eigenvalue weighted by atomic mass is 16.6. The second-order valence-electron chi connectivity index (χ2n) is 21.8. The zero-order valence-electron chi connectivity index (χ0n) is 51.4. The fourth-order valence-corrected chi connectivity index (χ4v) is 11.6. The van der Waals surface area contributed by atoms with Crippen LogP contribution in [0.15, 0.2) is 218 Å². The molecule has 0 saturated heterocycles. The van der Waals surface area contributed by atoms with Gasteiger partial charge >= 0.3 is 18.3 Å². The largest absolute Gasteiger partial charge is 0.508 e. The molecule has 0 saturated carbocycles. The Labute approximate surface area is 548 Å². The third-order valence-electron chi connectivity index (χ3n) is 15.7. The first-order valence-electron chi connectivity index (χ1n) is 30.7. The molecule has 0 heterocycles. The van der Waals surface area contributed by atoms with Crippen LogP contribution in [0, 0.1) is 0 Å². The van der Waals surface area contributed by atoms with Gasteiger partial charge in [-0.15, -0.1) is 0 Å². The molecule has 3 aliphatic carbocycles. The maximum absolute atomic E-state index is 12.2. The van der Waals surface area contributed by atoms with Gasteiger partial charge < -0.3 is 67.0 Å². The van der Waals surface area contributed by atoms with Crippen molar-refractivity contribution < 1.29 is 57.9 Å². The average molecular weight is 1270 g/mol. The van der Waals surface area contributed by atoms with E-state index in [2.05, 4.69) is 88.7 Å². The van der Waals surface area contributed by atoms with Gasteiger partial charge in [-0.3, -0.25) is 9.59 Å². The number of carbonyl (C=O) groups excluding carboxylic acids is 5. The van der Waals surface area contributed by atoms with E-state index in [0.717, 1.165) is 23.3 Å². The Morgan fingerprint density at radius 2 is 0.670 bits per heavy atom. The van der Waals surface area contributed by atoms with E-state index in [0.29, 0.717) is 44.2 Å². The topological polar surface area (TPSA) is 286 Å². The normalized spacial score (nSPS) is 11.8. The molecule has 0 fully saturated rings. The van der Waals surface area contributed by atoms with Crippen molar-refractivity contribution >= 4 is 30.1 Å². The van der Waals surface area contributed by atoms with E-state index in [-0.39, 0.29) is 76.7 Å². The number of benzene rings is 9. The summed E-state index contributed by atoms with van der Waals surface area (Å²) in [6, 6.07) is 71.0. The third kappa shape index (κ3) is 18.4.